The predicted octanol–water partition coefficient (Wildman–Crippen LogP) is 1.39. The molecule has 0 amide bonds. The number of H-pyrrole nitrogens is 1. The predicted molar refractivity (Wildman–Crippen MR) is 78.4 cm³/mol. The second-order valence-electron chi connectivity index (χ2n) is 4.47. The molecule has 0 bridgehead atoms. The molecule has 0 aliphatic rings. The zero-order valence-electron chi connectivity index (χ0n) is 11.2. The second-order valence-corrected chi connectivity index (χ2v) is 4.47. The number of aromatic hydroxyl groups is 1. The van der Waals surface area contributed by atoms with Crippen LogP contribution >= 0.6 is 0 Å². The molecule has 0 fully saturated rings. The fourth-order valence-corrected chi connectivity index (χ4v) is 2.19. The van der Waals surface area contributed by atoms with Crippen LogP contribution in [-0.4, -0.2) is 21.8 Å². The lowest BCUT2D eigenvalue weighted by atomic mass is 10.2. The number of aromatic nitrogens is 2. The number of para-hydroxylation sites is 2. The van der Waals surface area contributed by atoms with Crippen molar-refractivity contribution in [2.24, 2.45) is 0 Å². The Morgan fingerprint density at radius 1 is 1.14 bits per heavy atom. The van der Waals surface area contributed by atoms with Gasteiger partial charge >= 0.3 is 5.69 Å². The highest BCUT2D eigenvalue weighted by Gasteiger charge is 2.12. The molecule has 2 aromatic carbocycles. The van der Waals surface area contributed by atoms with Crippen molar-refractivity contribution in [2.75, 3.05) is 7.11 Å². The minimum Gasteiger partial charge on any atom is -0.506 e. The number of aromatic amines is 1. The Morgan fingerprint density at radius 2 is 1.90 bits per heavy atom. The van der Waals surface area contributed by atoms with Gasteiger partial charge in [-0.3, -0.25) is 4.79 Å². The van der Waals surface area contributed by atoms with Crippen molar-refractivity contribution in [1.82, 2.24) is 9.55 Å². The van der Waals surface area contributed by atoms with E-state index < -0.39 is 11.2 Å². The fourth-order valence-electron chi connectivity index (χ4n) is 2.19. The number of rotatable bonds is 2. The number of benzene rings is 2. The number of phenolic OH excluding ortho intramolecular Hbond substituents is 1. The molecular weight excluding hydrogens is 272 g/mol. The van der Waals surface area contributed by atoms with E-state index in [0.29, 0.717) is 16.7 Å². The topological polar surface area (TPSA) is 84.3 Å². The van der Waals surface area contributed by atoms with Gasteiger partial charge in [-0.15, -0.1) is 0 Å². The zero-order valence-corrected chi connectivity index (χ0v) is 11.2. The number of methoxy groups -OCH3 is 1. The Balaban J connectivity index is 2.42. The minimum absolute atomic E-state index is 0.133. The van der Waals surface area contributed by atoms with E-state index in [4.69, 9.17) is 4.74 Å². The summed E-state index contributed by atoms with van der Waals surface area (Å²) in [4.78, 5) is 27.3. The van der Waals surface area contributed by atoms with Crippen LogP contribution in [0, 0.1) is 0 Å². The highest BCUT2D eigenvalue weighted by molar-refractivity contribution is 5.79. The fraction of sp³-hybridized carbons (Fsp3) is 0.0667. The maximum atomic E-state index is 12.5. The van der Waals surface area contributed by atoms with E-state index in [0.717, 1.165) is 4.57 Å². The van der Waals surface area contributed by atoms with Gasteiger partial charge in [-0.05, 0) is 30.3 Å². The average Bonchev–Trinajstić information content (AvgIpc) is 2.49. The molecule has 0 saturated heterocycles. The molecule has 6 nitrogen and oxygen atoms in total. The van der Waals surface area contributed by atoms with E-state index in [1.54, 1.807) is 30.3 Å². The zero-order chi connectivity index (χ0) is 15.0. The SMILES string of the molecule is COc1ccc2[nH]c(=O)n(-c3ccccc3O)c(=O)c2c1. The van der Waals surface area contributed by atoms with Gasteiger partial charge in [0.2, 0.25) is 0 Å². The molecule has 1 heterocycles. The van der Waals surface area contributed by atoms with Gasteiger partial charge in [0.15, 0.2) is 0 Å². The Morgan fingerprint density at radius 3 is 2.62 bits per heavy atom. The summed E-state index contributed by atoms with van der Waals surface area (Å²) >= 11 is 0. The number of hydrogen-bond donors (Lipinski definition) is 2. The molecule has 6 heteroatoms. The lowest BCUT2D eigenvalue weighted by Crippen LogP contribution is -2.33. The number of fused-ring (bicyclic) bond motifs is 1. The third-order valence-corrected chi connectivity index (χ3v) is 3.23. The molecule has 3 aromatic rings. The van der Waals surface area contributed by atoms with Crippen molar-refractivity contribution in [3.8, 4) is 17.2 Å². The second kappa shape index (κ2) is 4.82. The molecule has 0 unspecified atom stereocenters. The first kappa shape index (κ1) is 13.0. The highest BCUT2D eigenvalue weighted by atomic mass is 16.5. The molecule has 2 N–H and O–H groups in total. The largest absolute Gasteiger partial charge is 0.506 e. The van der Waals surface area contributed by atoms with Gasteiger partial charge < -0.3 is 14.8 Å². The quantitative estimate of drug-likeness (QED) is 0.745. The summed E-state index contributed by atoms with van der Waals surface area (Å²) in [7, 11) is 1.49. The highest BCUT2D eigenvalue weighted by Crippen LogP contribution is 2.19. The number of nitrogens with one attached hydrogen (secondary N) is 1. The first-order chi connectivity index (χ1) is 10.1. The molecule has 1 aromatic heterocycles. The lowest BCUT2D eigenvalue weighted by molar-refractivity contribution is 0.415. The number of ether oxygens (including phenoxy) is 1. The van der Waals surface area contributed by atoms with Crippen molar-refractivity contribution < 1.29 is 9.84 Å². The van der Waals surface area contributed by atoms with Crippen LogP contribution in [0.3, 0.4) is 0 Å². The third kappa shape index (κ3) is 2.06. The summed E-state index contributed by atoms with van der Waals surface area (Å²) in [6.45, 7) is 0. The van der Waals surface area contributed by atoms with Crippen LogP contribution in [0.25, 0.3) is 16.6 Å². The van der Waals surface area contributed by atoms with Crippen molar-refractivity contribution in [3.05, 3.63) is 63.3 Å². The first-order valence-electron chi connectivity index (χ1n) is 6.23. The van der Waals surface area contributed by atoms with Gasteiger partial charge in [-0.2, -0.15) is 0 Å². The first-order valence-corrected chi connectivity index (χ1v) is 6.23. The van der Waals surface area contributed by atoms with E-state index in [-0.39, 0.29) is 11.4 Å². The smallest absolute Gasteiger partial charge is 0.333 e. The molecule has 0 radical (unpaired) electrons. The Labute approximate surface area is 118 Å². The summed E-state index contributed by atoms with van der Waals surface area (Å²) in [6.07, 6.45) is 0. The van der Waals surface area contributed by atoms with Crippen molar-refractivity contribution in [2.45, 2.75) is 0 Å². The molecule has 0 atom stereocenters. The van der Waals surface area contributed by atoms with Gasteiger partial charge in [0.1, 0.15) is 11.5 Å². The Bertz CT molecular complexity index is 940. The third-order valence-electron chi connectivity index (χ3n) is 3.23. The molecule has 106 valence electrons. The van der Waals surface area contributed by atoms with Crippen molar-refractivity contribution >= 4 is 10.9 Å². The summed E-state index contributed by atoms with van der Waals surface area (Å²) in [5.41, 5.74) is -0.584. The summed E-state index contributed by atoms with van der Waals surface area (Å²) in [5, 5.41) is 10.2. The Hall–Kier alpha value is -3.02. The van der Waals surface area contributed by atoms with E-state index in [2.05, 4.69) is 4.98 Å². The molecule has 0 aliphatic carbocycles. The molecule has 0 spiro atoms. The minimum atomic E-state index is -0.612. The summed E-state index contributed by atoms with van der Waals surface area (Å²) in [6, 6.07) is 11.0. The van der Waals surface area contributed by atoms with Crippen LogP contribution in [0.5, 0.6) is 11.5 Å². The van der Waals surface area contributed by atoms with E-state index in [9.17, 15) is 14.7 Å². The van der Waals surface area contributed by atoms with Crippen LogP contribution in [0.4, 0.5) is 0 Å². The Kier molecular flexibility index (Phi) is 2.98. The summed E-state index contributed by atoms with van der Waals surface area (Å²) in [5.74, 6) is 0.364. The molecule has 0 saturated carbocycles. The van der Waals surface area contributed by atoms with Gasteiger partial charge in [-0.1, -0.05) is 12.1 Å². The maximum Gasteiger partial charge on any atom is 0.333 e. The van der Waals surface area contributed by atoms with E-state index in [1.807, 2.05) is 0 Å². The number of nitrogens with zero attached hydrogens (tertiary/aromatic N) is 1. The normalized spacial score (nSPS) is 10.7. The van der Waals surface area contributed by atoms with Crippen LogP contribution in [0.1, 0.15) is 0 Å². The van der Waals surface area contributed by atoms with Gasteiger partial charge in [0.25, 0.3) is 5.56 Å². The standard InChI is InChI=1S/C15H12N2O4/c1-21-9-6-7-11-10(8-9)14(19)17(15(20)16-11)12-4-2-3-5-13(12)18/h2-8,18H,1H3,(H,16,20). The van der Waals surface area contributed by atoms with Crippen LogP contribution in [0.15, 0.2) is 52.1 Å². The maximum absolute atomic E-state index is 12.5. The molecular formula is C15H12N2O4. The molecule has 21 heavy (non-hydrogen) atoms. The van der Waals surface area contributed by atoms with Crippen LogP contribution < -0.4 is 16.0 Å². The van der Waals surface area contributed by atoms with Gasteiger partial charge in [-0.25, -0.2) is 9.36 Å². The van der Waals surface area contributed by atoms with Crippen LogP contribution in [-0.2, 0) is 0 Å². The van der Waals surface area contributed by atoms with Crippen molar-refractivity contribution in [3.63, 3.8) is 0 Å². The number of hydrogen-bond acceptors (Lipinski definition) is 4. The molecule has 0 aliphatic heterocycles. The molecule has 3 rings (SSSR count). The monoisotopic (exact) mass is 284 g/mol. The van der Waals surface area contributed by atoms with Crippen LogP contribution in [0.2, 0.25) is 0 Å². The van der Waals surface area contributed by atoms with E-state index in [1.165, 1.54) is 19.2 Å². The van der Waals surface area contributed by atoms with Crippen molar-refractivity contribution in [1.29, 1.82) is 0 Å². The van der Waals surface area contributed by atoms with E-state index >= 15 is 0 Å². The summed E-state index contributed by atoms with van der Waals surface area (Å²) < 4.78 is 5.99. The number of phenols is 1. The van der Waals surface area contributed by atoms with Gasteiger partial charge in [0.05, 0.1) is 23.7 Å². The lowest BCUT2D eigenvalue weighted by Gasteiger charge is -2.08. The van der Waals surface area contributed by atoms with Gasteiger partial charge in [0, 0.05) is 0 Å². The average molecular weight is 284 g/mol.